The number of aliphatic hydroxyl groups excluding tert-OH is 1. The van der Waals surface area contributed by atoms with Gasteiger partial charge in [0.2, 0.25) is 5.91 Å². The van der Waals surface area contributed by atoms with E-state index in [4.69, 9.17) is 20.3 Å². The molecular weight excluding hydrogens is 538 g/mol. The molecule has 0 aliphatic carbocycles. The maximum absolute atomic E-state index is 12.6. The van der Waals surface area contributed by atoms with Gasteiger partial charge < -0.3 is 25.6 Å². The summed E-state index contributed by atoms with van der Waals surface area (Å²) in [5.74, 6) is 0.349. The number of allylic oxidation sites excluding steroid dienone is 1. The number of hydrogen-bond acceptors (Lipinski definition) is 6. The second kappa shape index (κ2) is 14.7. The van der Waals surface area contributed by atoms with Crippen molar-refractivity contribution in [1.82, 2.24) is 0 Å². The molecule has 0 bridgehead atoms. The molecule has 0 aliphatic heterocycles. The van der Waals surface area contributed by atoms with Crippen LogP contribution in [0.25, 0.3) is 0 Å². The van der Waals surface area contributed by atoms with Gasteiger partial charge in [-0.3, -0.25) is 10.1 Å². The Balaban J connectivity index is 1.57. The summed E-state index contributed by atoms with van der Waals surface area (Å²) in [5.41, 5.74) is 8.34. The summed E-state index contributed by atoms with van der Waals surface area (Å²) in [5, 5.41) is 14.4. The highest BCUT2D eigenvalue weighted by Crippen LogP contribution is 2.27. The average Bonchev–Trinajstić information content (AvgIpc) is 2.89. The van der Waals surface area contributed by atoms with Crippen molar-refractivity contribution in [1.29, 1.82) is 0 Å². The molecule has 0 aromatic heterocycles. The lowest BCUT2D eigenvalue weighted by molar-refractivity contribution is -0.111. The number of carbonyl (C=O) groups is 2. The third kappa shape index (κ3) is 9.63. The number of para-hydroxylation sites is 2. The van der Waals surface area contributed by atoms with Crippen LogP contribution in [0.3, 0.4) is 0 Å². The Morgan fingerprint density at radius 2 is 1.73 bits per heavy atom. The van der Waals surface area contributed by atoms with E-state index in [-0.39, 0.29) is 19.1 Å². The van der Waals surface area contributed by atoms with Crippen molar-refractivity contribution in [2.24, 2.45) is 0 Å². The highest BCUT2D eigenvalue weighted by molar-refractivity contribution is 9.10. The number of halogens is 1. The number of hydrogen-bond donors (Lipinski definition) is 4. The van der Waals surface area contributed by atoms with Crippen LogP contribution in [0.2, 0.25) is 0 Å². The van der Waals surface area contributed by atoms with Crippen molar-refractivity contribution in [2.75, 3.05) is 29.6 Å². The quantitative estimate of drug-likeness (QED) is 0.120. The number of anilines is 3. The van der Waals surface area contributed by atoms with E-state index in [9.17, 15) is 9.59 Å². The number of carbonyl (C=O) groups excluding carboxylic acids is 2. The average molecular weight is 568 g/mol. The summed E-state index contributed by atoms with van der Waals surface area (Å²) >= 11 is 3.37. The summed E-state index contributed by atoms with van der Waals surface area (Å²) in [7, 11) is 0. The Labute approximate surface area is 224 Å². The topological polar surface area (TPSA) is 123 Å². The molecule has 8 nitrogen and oxygen atoms in total. The van der Waals surface area contributed by atoms with Crippen molar-refractivity contribution in [3.8, 4) is 5.75 Å². The number of unbranched alkanes of at least 4 members (excludes halogenated alkanes) is 1. The van der Waals surface area contributed by atoms with E-state index in [1.165, 1.54) is 6.08 Å². The van der Waals surface area contributed by atoms with Gasteiger partial charge in [-0.1, -0.05) is 46.3 Å². The maximum atomic E-state index is 12.6. The second-order valence-electron chi connectivity index (χ2n) is 8.08. The zero-order valence-corrected chi connectivity index (χ0v) is 21.8. The summed E-state index contributed by atoms with van der Waals surface area (Å²) in [6, 6.07) is 21.5. The van der Waals surface area contributed by atoms with Crippen molar-refractivity contribution in [3.63, 3.8) is 0 Å². The molecule has 2 amide bonds. The first-order valence-electron chi connectivity index (χ1n) is 11.8. The predicted molar refractivity (Wildman–Crippen MR) is 148 cm³/mol. The number of rotatable bonds is 12. The van der Waals surface area contributed by atoms with Crippen molar-refractivity contribution < 1.29 is 24.2 Å². The molecule has 0 saturated heterocycles. The SMILES string of the molecule is Nc1ccccc1NC(=O)/C=C/CCC[C@H](OC(=O)Nc1ccc(Br)cc1)c1ccc(OCCO)cc1. The van der Waals surface area contributed by atoms with E-state index < -0.39 is 12.2 Å². The number of aliphatic hydroxyl groups is 1. The third-order valence-corrected chi connectivity index (χ3v) is 5.81. The molecule has 0 spiro atoms. The molecule has 0 unspecified atom stereocenters. The number of nitrogens with one attached hydrogen (secondary N) is 2. The Hall–Kier alpha value is -3.82. The van der Waals surface area contributed by atoms with Gasteiger partial charge in [0.05, 0.1) is 18.0 Å². The third-order valence-electron chi connectivity index (χ3n) is 5.28. The molecule has 3 aromatic carbocycles. The van der Waals surface area contributed by atoms with Crippen LogP contribution >= 0.6 is 15.9 Å². The Morgan fingerprint density at radius 1 is 1.00 bits per heavy atom. The first kappa shape index (κ1) is 27.8. The summed E-state index contributed by atoms with van der Waals surface area (Å²) in [6.45, 7) is 0.125. The fourth-order valence-corrected chi connectivity index (χ4v) is 3.71. The zero-order chi connectivity index (χ0) is 26.5. The maximum Gasteiger partial charge on any atom is 0.412 e. The highest BCUT2D eigenvalue weighted by atomic mass is 79.9. The van der Waals surface area contributed by atoms with Gasteiger partial charge in [0.15, 0.2) is 0 Å². The first-order chi connectivity index (χ1) is 17.9. The van der Waals surface area contributed by atoms with Crippen molar-refractivity contribution in [2.45, 2.75) is 25.4 Å². The number of ether oxygens (including phenoxy) is 2. The van der Waals surface area contributed by atoms with Crippen LogP contribution in [-0.4, -0.2) is 30.3 Å². The van der Waals surface area contributed by atoms with Gasteiger partial charge in [0, 0.05) is 10.2 Å². The van der Waals surface area contributed by atoms with Crippen LogP contribution in [-0.2, 0) is 9.53 Å². The molecule has 37 heavy (non-hydrogen) atoms. The molecule has 0 aliphatic rings. The smallest absolute Gasteiger partial charge is 0.412 e. The molecule has 1 atom stereocenters. The molecule has 0 saturated carbocycles. The van der Waals surface area contributed by atoms with Crippen LogP contribution in [0.4, 0.5) is 21.9 Å². The van der Waals surface area contributed by atoms with Crippen LogP contribution in [0, 0.1) is 0 Å². The Bertz CT molecular complexity index is 1180. The lowest BCUT2D eigenvalue weighted by Gasteiger charge is -2.19. The Morgan fingerprint density at radius 3 is 2.43 bits per heavy atom. The minimum absolute atomic E-state index is 0.0754. The van der Waals surface area contributed by atoms with Gasteiger partial charge in [0.1, 0.15) is 18.5 Å². The van der Waals surface area contributed by atoms with Crippen LogP contribution in [0.5, 0.6) is 5.75 Å². The van der Waals surface area contributed by atoms with E-state index in [0.717, 1.165) is 10.0 Å². The largest absolute Gasteiger partial charge is 0.491 e. The number of nitrogens with two attached hydrogens (primary N) is 1. The van der Waals surface area contributed by atoms with Crippen LogP contribution < -0.4 is 21.1 Å². The summed E-state index contributed by atoms with van der Waals surface area (Å²) in [4.78, 5) is 24.8. The predicted octanol–water partition coefficient (Wildman–Crippen LogP) is 6.06. The fourth-order valence-electron chi connectivity index (χ4n) is 3.44. The molecule has 3 rings (SSSR count). The van der Waals surface area contributed by atoms with E-state index in [1.54, 1.807) is 54.6 Å². The van der Waals surface area contributed by atoms with E-state index in [1.807, 2.05) is 24.3 Å². The number of nitrogen functional groups attached to an aromatic ring is 1. The lowest BCUT2D eigenvalue weighted by atomic mass is 10.0. The van der Waals surface area contributed by atoms with E-state index >= 15 is 0 Å². The van der Waals surface area contributed by atoms with Gasteiger partial charge in [0.25, 0.3) is 0 Å². The van der Waals surface area contributed by atoms with Crippen LogP contribution in [0.15, 0.2) is 89.4 Å². The van der Waals surface area contributed by atoms with Gasteiger partial charge in [-0.15, -0.1) is 0 Å². The highest BCUT2D eigenvalue weighted by Gasteiger charge is 2.17. The molecule has 0 radical (unpaired) electrons. The van der Waals surface area contributed by atoms with E-state index in [0.29, 0.717) is 42.1 Å². The van der Waals surface area contributed by atoms with Gasteiger partial charge in [-0.2, -0.15) is 0 Å². The lowest BCUT2D eigenvalue weighted by Crippen LogP contribution is -2.17. The standard InChI is InChI=1S/C28H30BrN3O5/c29-21-12-14-22(15-13-21)31-28(35)37-26(20-10-16-23(17-11-20)36-19-18-33)8-2-1-3-9-27(34)32-25-7-5-4-6-24(25)30/h3-7,9-17,26,33H,1-2,8,18-19,30H2,(H,31,35)(H,32,34)/b9-3+/t26-/m0/s1. The normalized spacial score (nSPS) is 11.6. The van der Waals surface area contributed by atoms with E-state index in [2.05, 4.69) is 26.6 Å². The molecular formula is C28H30BrN3O5. The number of benzene rings is 3. The number of amides is 2. The zero-order valence-electron chi connectivity index (χ0n) is 20.2. The summed E-state index contributed by atoms with van der Waals surface area (Å²) < 4.78 is 12.1. The molecule has 9 heteroatoms. The second-order valence-corrected chi connectivity index (χ2v) is 8.99. The first-order valence-corrected chi connectivity index (χ1v) is 12.6. The monoisotopic (exact) mass is 567 g/mol. The minimum atomic E-state index is -0.566. The molecule has 5 N–H and O–H groups in total. The Kier molecular flexibility index (Phi) is 11.0. The fraction of sp³-hybridized carbons (Fsp3) is 0.214. The van der Waals surface area contributed by atoms with Gasteiger partial charge in [-0.25, -0.2) is 4.79 Å². The molecule has 0 heterocycles. The molecule has 0 fully saturated rings. The summed E-state index contributed by atoms with van der Waals surface area (Å²) in [6.07, 6.45) is 4.01. The molecule has 3 aromatic rings. The molecule has 194 valence electrons. The van der Waals surface area contributed by atoms with Crippen LogP contribution in [0.1, 0.15) is 30.9 Å². The van der Waals surface area contributed by atoms with Gasteiger partial charge >= 0.3 is 6.09 Å². The van der Waals surface area contributed by atoms with Gasteiger partial charge in [-0.05, 0) is 79.4 Å². The minimum Gasteiger partial charge on any atom is -0.491 e. The van der Waals surface area contributed by atoms with Crippen molar-refractivity contribution in [3.05, 3.63) is 95.0 Å². The van der Waals surface area contributed by atoms with Crippen molar-refractivity contribution >= 4 is 45.0 Å².